The number of anilines is 1. The summed E-state index contributed by atoms with van der Waals surface area (Å²) in [6.07, 6.45) is 4.67. The first-order valence-corrected chi connectivity index (χ1v) is 11.9. The number of nitrogens with two attached hydrogens (primary N) is 1. The van der Waals surface area contributed by atoms with Crippen LogP contribution in [0.25, 0.3) is 0 Å². The molecule has 1 spiro atoms. The largest absolute Gasteiger partial charge is 0.384 e. The standard InChI is InChI=1S/C26H32FN5O/c1-29-22-17-20-4-2-3-5-21(20)25(22)7-14-32(15-8-25)24(33)26(27)9-12-31(13-10-26)18-19-6-11-30-23(28)16-19/h2-6,11,16H,7-10,12-15,17-18H2,1H3,(H2,28,30). The predicted octanol–water partition coefficient (Wildman–Crippen LogP) is 3.16. The van der Waals surface area contributed by atoms with E-state index < -0.39 is 5.67 Å². The van der Waals surface area contributed by atoms with E-state index in [-0.39, 0.29) is 24.2 Å². The van der Waals surface area contributed by atoms with Gasteiger partial charge in [0.05, 0.1) is 0 Å². The van der Waals surface area contributed by atoms with Crippen LogP contribution in [0.4, 0.5) is 10.2 Å². The van der Waals surface area contributed by atoms with Crippen molar-refractivity contribution >= 4 is 17.4 Å². The van der Waals surface area contributed by atoms with Crippen molar-refractivity contribution in [1.82, 2.24) is 14.8 Å². The fourth-order valence-corrected chi connectivity index (χ4v) is 6.00. The van der Waals surface area contributed by atoms with Gasteiger partial charge in [0.1, 0.15) is 5.82 Å². The van der Waals surface area contributed by atoms with Crippen LogP contribution >= 0.6 is 0 Å². The first-order chi connectivity index (χ1) is 15.9. The fourth-order valence-electron chi connectivity index (χ4n) is 6.00. The van der Waals surface area contributed by atoms with Crippen LogP contribution in [0.15, 0.2) is 47.6 Å². The lowest BCUT2D eigenvalue weighted by molar-refractivity contribution is -0.149. The number of hydrogen-bond donors (Lipinski definition) is 1. The van der Waals surface area contributed by atoms with Crippen molar-refractivity contribution in [2.45, 2.75) is 49.7 Å². The van der Waals surface area contributed by atoms with Crippen LogP contribution in [0.2, 0.25) is 0 Å². The summed E-state index contributed by atoms with van der Waals surface area (Å²) in [5, 5.41) is 0. The molecule has 0 unspecified atom stereocenters. The average molecular weight is 450 g/mol. The number of benzene rings is 1. The molecule has 6 nitrogen and oxygen atoms in total. The summed E-state index contributed by atoms with van der Waals surface area (Å²) >= 11 is 0. The Kier molecular flexibility index (Phi) is 5.69. The molecule has 2 N–H and O–H groups in total. The highest BCUT2D eigenvalue weighted by Crippen LogP contribution is 2.45. The first-order valence-electron chi connectivity index (χ1n) is 11.9. The number of halogens is 1. The number of aromatic nitrogens is 1. The molecule has 174 valence electrons. The zero-order chi connectivity index (χ0) is 23.1. The second-order valence-electron chi connectivity index (χ2n) is 9.71. The van der Waals surface area contributed by atoms with Gasteiger partial charge in [-0.2, -0.15) is 0 Å². The van der Waals surface area contributed by atoms with Crippen molar-refractivity contribution in [2.75, 3.05) is 39.0 Å². The molecule has 0 radical (unpaired) electrons. The lowest BCUT2D eigenvalue weighted by Crippen LogP contribution is -2.56. The zero-order valence-electron chi connectivity index (χ0n) is 19.3. The molecule has 3 aliphatic rings. The maximum Gasteiger partial charge on any atom is 0.260 e. The summed E-state index contributed by atoms with van der Waals surface area (Å²) in [5.74, 6) is 0.162. The van der Waals surface area contributed by atoms with Gasteiger partial charge in [-0.05, 0) is 41.7 Å². The van der Waals surface area contributed by atoms with E-state index in [4.69, 9.17) is 5.73 Å². The molecule has 33 heavy (non-hydrogen) atoms. The number of carbonyl (C=O) groups excluding carboxylic acids is 1. The molecular weight excluding hydrogens is 417 g/mol. The minimum Gasteiger partial charge on any atom is -0.384 e. The quantitative estimate of drug-likeness (QED) is 0.781. The fraction of sp³-hybridized carbons (Fsp3) is 0.500. The number of hydrogen-bond acceptors (Lipinski definition) is 5. The van der Waals surface area contributed by atoms with E-state index in [2.05, 4.69) is 39.1 Å². The van der Waals surface area contributed by atoms with E-state index in [1.165, 1.54) is 16.8 Å². The van der Waals surface area contributed by atoms with Gasteiger partial charge in [-0.15, -0.1) is 0 Å². The second-order valence-corrected chi connectivity index (χ2v) is 9.71. The number of aliphatic imine (C=N–C) groups is 1. The van der Waals surface area contributed by atoms with Crippen LogP contribution in [0.1, 0.15) is 42.4 Å². The van der Waals surface area contributed by atoms with Crippen LogP contribution in [0, 0.1) is 0 Å². The van der Waals surface area contributed by atoms with E-state index >= 15 is 4.39 Å². The SMILES string of the molecule is CN=C1Cc2ccccc2C12CCN(C(=O)C1(F)CCN(Cc3ccnc(N)c3)CC1)CC2. The molecule has 2 fully saturated rings. The van der Waals surface area contributed by atoms with Crippen molar-refractivity contribution in [3.05, 3.63) is 59.3 Å². The van der Waals surface area contributed by atoms with Gasteiger partial charge in [0.2, 0.25) is 0 Å². The molecule has 2 saturated heterocycles. The Labute approximate surface area is 194 Å². The number of nitrogens with zero attached hydrogens (tertiary/aromatic N) is 4. The lowest BCUT2D eigenvalue weighted by Gasteiger charge is -2.44. The number of alkyl halides is 1. The summed E-state index contributed by atoms with van der Waals surface area (Å²) < 4.78 is 15.8. The normalized spacial score (nSPS) is 23.1. The molecule has 1 aliphatic carbocycles. The Morgan fingerprint density at radius 1 is 1.12 bits per heavy atom. The maximum absolute atomic E-state index is 15.8. The van der Waals surface area contributed by atoms with Crippen molar-refractivity contribution in [1.29, 1.82) is 0 Å². The van der Waals surface area contributed by atoms with Crippen LogP contribution in [0.3, 0.4) is 0 Å². The van der Waals surface area contributed by atoms with Crippen LogP contribution in [-0.2, 0) is 23.2 Å². The molecule has 1 amide bonds. The topological polar surface area (TPSA) is 74.8 Å². The molecule has 2 aromatic rings. The molecular formula is C26H32FN5O. The van der Waals surface area contributed by atoms with Crippen molar-refractivity contribution in [2.24, 2.45) is 4.99 Å². The highest BCUT2D eigenvalue weighted by atomic mass is 19.1. The summed E-state index contributed by atoms with van der Waals surface area (Å²) in [6, 6.07) is 12.3. The van der Waals surface area contributed by atoms with Gasteiger partial charge in [-0.1, -0.05) is 24.3 Å². The maximum atomic E-state index is 15.8. The smallest absolute Gasteiger partial charge is 0.260 e. The Hall–Kier alpha value is -2.80. The molecule has 1 aromatic heterocycles. The number of likely N-dealkylation sites (tertiary alicyclic amines) is 2. The molecule has 1 aromatic carbocycles. The molecule has 0 saturated carbocycles. The van der Waals surface area contributed by atoms with Gasteiger partial charge in [-0.25, -0.2) is 9.37 Å². The number of amides is 1. The number of piperidine rings is 2. The minimum absolute atomic E-state index is 0.0959. The number of rotatable bonds is 3. The number of pyridine rings is 1. The lowest BCUT2D eigenvalue weighted by atomic mass is 9.72. The number of fused-ring (bicyclic) bond motifs is 2. The second kappa shape index (κ2) is 8.52. The first kappa shape index (κ1) is 22.0. The molecule has 0 bridgehead atoms. The van der Waals surface area contributed by atoms with Crippen LogP contribution in [-0.4, -0.2) is 65.3 Å². The molecule has 2 aliphatic heterocycles. The summed E-state index contributed by atoms with van der Waals surface area (Å²) in [4.78, 5) is 25.9. The number of nitrogen functional groups attached to an aromatic ring is 1. The van der Waals surface area contributed by atoms with E-state index in [0.29, 0.717) is 38.5 Å². The minimum atomic E-state index is -1.77. The molecule has 5 rings (SSSR count). The third-order valence-electron chi connectivity index (χ3n) is 7.90. The van der Waals surface area contributed by atoms with Gasteiger partial charge in [0, 0.05) is 76.4 Å². The van der Waals surface area contributed by atoms with Crippen LogP contribution < -0.4 is 5.73 Å². The Morgan fingerprint density at radius 3 is 2.55 bits per heavy atom. The van der Waals surface area contributed by atoms with Crippen LogP contribution in [0.5, 0.6) is 0 Å². The third-order valence-corrected chi connectivity index (χ3v) is 7.90. The van der Waals surface area contributed by atoms with E-state index in [9.17, 15) is 4.79 Å². The monoisotopic (exact) mass is 449 g/mol. The molecule has 7 heteroatoms. The highest BCUT2D eigenvalue weighted by Gasteiger charge is 2.49. The Morgan fingerprint density at radius 2 is 1.85 bits per heavy atom. The predicted molar refractivity (Wildman–Crippen MR) is 128 cm³/mol. The van der Waals surface area contributed by atoms with Gasteiger partial charge in [0.25, 0.3) is 5.91 Å². The molecule has 0 atom stereocenters. The molecule has 3 heterocycles. The zero-order valence-corrected chi connectivity index (χ0v) is 19.3. The summed E-state index contributed by atoms with van der Waals surface area (Å²) in [5.41, 5.74) is 8.85. The van der Waals surface area contributed by atoms with Crippen molar-refractivity contribution < 1.29 is 9.18 Å². The van der Waals surface area contributed by atoms with E-state index in [1.807, 2.05) is 19.2 Å². The highest BCUT2D eigenvalue weighted by molar-refractivity contribution is 6.01. The number of carbonyl (C=O) groups is 1. The summed E-state index contributed by atoms with van der Waals surface area (Å²) in [6.45, 7) is 2.97. The summed E-state index contributed by atoms with van der Waals surface area (Å²) in [7, 11) is 1.87. The van der Waals surface area contributed by atoms with Crippen molar-refractivity contribution in [3.63, 3.8) is 0 Å². The van der Waals surface area contributed by atoms with Crippen molar-refractivity contribution in [3.8, 4) is 0 Å². The Bertz CT molecular complexity index is 1070. The van der Waals surface area contributed by atoms with E-state index in [0.717, 1.165) is 24.8 Å². The van der Waals surface area contributed by atoms with Gasteiger partial charge < -0.3 is 10.6 Å². The van der Waals surface area contributed by atoms with Gasteiger partial charge >= 0.3 is 0 Å². The third kappa shape index (κ3) is 3.92. The average Bonchev–Trinajstić information content (AvgIpc) is 3.14. The van der Waals surface area contributed by atoms with Gasteiger partial charge in [0.15, 0.2) is 5.67 Å². The van der Waals surface area contributed by atoms with E-state index in [1.54, 1.807) is 11.1 Å². The Balaban J connectivity index is 1.22. The van der Waals surface area contributed by atoms with Gasteiger partial charge in [-0.3, -0.25) is 14.7 Å².